The number of nitrogens with zero attached hydrogens (tertiary/aromatic N) is 1. The van der Waals surface area contributed by atoms with Gasteiger partial charge in [0.15, 0.2) is 0 Å². The SMILES string of the molecule is O=C(OCc1ccc(F)cc1)C1CCCN(S(=O)(=O)c2ccc(F)cc2)C1. The van der Waals surface area contributed by atoms with Crippen molar-refractivity contribution in [3.63, 3.8) is 0 Å². The summed E-state index contributed by atoms with van der Waals surface area (Å²) in [6.07, 6.45) is 1.05. The van der Waals surface area contributed by atoms with Gasteiger partial charge in [-0.25, -0.2) is 17.2 Å². The molecule has 0 spiro atoms. The minimum absolute atomic E-state index is 0.000323. The smallest absolute Gasteiger partial charge is 0.310 e. The number of ether oxygens (including phenoxy) is 1. The van der Waals surface area contributed by atoms with Gasteiger partial charge in [0.25, 0.3) is 0 Å². The molecule has 0 radical (unpaired) electrons. The summed E-state index contributed by atoms with van der Waals surface area (Å²) in [7, 11) is -3.80. The molecular formula is C19H19F2NO4S. The van der Waals surface area contributed by atoms with Gasteiger partial charge in [-0.15, -0.1) is 0 Å². The zero-order chi connectivity index (χ0) is 19.4. The van der Waals surface area contributed by atoms with E-state index in [-0.39, 0.29) is 23.9 Å². The molecule has 0 saturated carbocycles. The van der Waals surface area contributed by atoms with Gasteiger partial charge in [0.05, 0.1) is 10.8 Å². The Morgan fingerprint density at radius 2 is 1.63 bits per heavy atom. The van der Waals surface area contributed by atoms with Crippen LogP contribution in [0.1, 0.15) is 18.4 Å². The number of rotatable bonds is 5. The van der Waals surface area contributed by atoms with Crippen molar-refractivity contribution in [3.05, 3.63) is 65.7 Å². The maximum Gasteiger partial charge on any atom is 0.310 e. The highest BCUT2D eigenvalue weighted by molar-refractivity contribution is 7.89. The first-order valence-electron chi connectivity index (χ1n) is 8.53. The van der Waals surface area contributed by atoms with Gasteiger partial charge < -0.3 is 4.74 Å². The summed E-state index contributed by atoms with van der Waals surface area (Å²) < 4.78 is 57.8. The molecule has 27 heavy (non-hydrogen) atoms. The molecular weight excluding hydrogens is 376 g/mol. The summed E-state index contributed by atoms with van der Waals surface area (Å²) in [6.45, 7) is 0.309. The number of esters is 1. The van der Waals surface area contributed by atoms with Crippen LogP contribution in [-0.4, -0.2) is 31.8 Å². The maximum atomic E-state index is 13.0. The minimum atomic E-state index is -3.80. The molecule has 1 unspecified atom stereocenters. The molecule has 1 atom stereocenters. The van der Waals surface area contributed by atoms with Crippen LogP contribution in [0, 0.1) is 17.6 Å². The number of sulfonamides is 1. The monoisotopic (exact) mass is 395 g/mol. The van der Waals surface area contributed by atoms with Crippen molar-refractivity contribution >= 4 is 16.0 Å². The van der Waals surface area contributed by atoms with Crippen molar-refractivity contribution < 1.29 is 26.7 Å². The third-order valence-corrected chi connectivity index (χ3v) is 6.34. The molecule has 3 rings (SSSR count). The first-order valence-corrected chi connectivity index (χ1v) is 9.97. The largest absolute Gasteiger partial charge is 0.461 e. The summed E-state index contributed by atoms with van der Waals surface area (Å²) in [4.78, 5) is 12.3. The predicted molar refractivity (Wildman–Crippen MR) is 94.1 cm³/mol. The van der Waals surface area contributed by atoms with Gasteiger partial charge in [0, 0.05) is 13.1 Å². The third-order valence-electron chi connectivity index (χ3n) is 4.46. The first-order chi connectivity index (χ1) is 12.9. The Balaban J connectivity index is 1.63. The molecule has 1 heterocycles. The predicted octanol–water partition coefficient (Wildman–Crippen LogP) is 3.11. The fraction of sp³-hybridized carbons (Fsp3) is 0.316. The van der Waals surface area contributed by atoms with Crippen molar-refractivity contribution in [2.75, 3.05) is 13.1 Å². The average molecular weight is 395 g/mol. The molecule has 0 aromatic heterocycles. The summed E-state index contributed by atoms with van der Waals surface area (Å²) >= 11 is 0. The van der Waals surface area contributed by atoms with E-state index in [1.807, 2.05) is 0 Å². The van der Waals surface area contributed by atoms with Gasteiger partial charge in [-0.2, -0.15) is 4.31 Å². The van der Waals surface area contributed by atoms with Crippen molar-refractivity contribution in [3.8, 4) is 0 Å². The van der Waals surface area contributed by atoms with Crippen LogP contribution < -0.4 is 0 Å². The molecule has 0 amide bonds. The molecule has 2 aromatic carbocycles. The standard InChI is InChI=1S/C19H19F2NO4S/c20-16-5-3-14(4-6-16)13-26-19(23)15-2-1-11-22(12-15)27(24,25)18-9-7-17(21)8-10-18/h3-10,15H,1-2,11-13H2. The fourth-order valence-electron chi connectivity index (χ4n) is 2.96. The fourth-order valence-corrected chi connectivity index (χ4v) is 4.49. The normalized spacial score (nSPS) is 18.2. The summed E-state index contributed by atoms with van der Waals surface area (Å²) in [5.41, 5.74) is 0.649. The van der Waals surface area contributed by atoms with E-state index in [4.69, 9.17) is 4.74 Å². The van der Waals surface area contributed by atoms with E-state index in [2.05, 4.69) is 0 Å². The van der Waals surface area contributed by atoms with Gasteiger partial charge >= 0.3 is 5.97 Å². The van der Waals surface area contributed by atoms with E-state index in [0.717, 1.165) is 12.1 Å². The number of hydrogen-bond acceptors (Lipinski definition) is 4. The molecule has 1 saturated heterocycles. The quantitative estimate of drug-likeness (QED) is 0.730. The number of hydrogen-bond donors (Lipinski definition) is 0. The van der Waals surface area contributed by atoms with Crippen molar-refractivity contribution in [1.82, 2.24) is 4.31 Å². The summed E-state index contributed by atoms with van der Waals surface area (Å²) in [5.74, 6) is -1.96. The van der Waals surface area contributed by atoms with Gasteiger partial charge in [-0.3, -0.25) is 4.79 Å². The van der Waals surface area contributed by atoms with Crippen molar-refractivity contribution in [2.24, 2.45) is 5.92 Å². The van der Waals surface area contributed by atoms with Crippen molar-refractivity contribution in [2.45, 2.75) is 24.3 Å². The lowest BCUT2D eigenvalue weighted by atomic mass is 10.00. The summed E-state index contributed by atoms with van der Waals surface area (Å²) in [5, 5.41) is 0. The van der Waals surface area contributed by atoms with E-state index in [9.17, 15) is 22.0 Å². The Morgan fingerprint density at radius 1 is 1.04 bits per heavy atom. The van der Waals surface area contributed by atoms with E-state index in [1.54, 1.807) is 0 Å². The van der Waals surface area contributed by atoms with Crippen LogP contribution >= 0.6 is 0 Å². The second kappa shape index (κ2) is 8.14. The molecule has 5 nitrogen and oxygen atoms in total. The molecule has 1 aliphatic rings. The van der Waals surface area contributed by atoms with E-state index < -0.39 is 27.7 Å². The number of piperidine rings is 1. The highest BCUT2D eigenvalue weighted by Gasteiger charge is 2.34. The van der Waals surface area contributed by atoms with Crippen LogP contribution in [0.3, 0.4) is 0 Å². The second-order valence-electron chi connectivity index (χ2n) is 6.39. The second-order valence-corrected chi connectivity index (χ2v) is 8.33. The molecule has 0 N–H and O–H groups in total. The lowest BCUT2D eigenvalue weighted by molar-refractivity contribution is -0.151. The Labute approximate surface area is 156 Å². The first kappa shape index (κ1) is 19.4. The zero-order valence-electron chi connectivity index (χ0n) is 14.5. The maximum absolute atomic E-state index is 13.0. The molecule has 8 heteroatoms. The van der Waals surface area contributed by atoms with Crippen LogP contribution in [0.2, 0.25) is 0 Å². The molecule has 1 fully saturated rings. The zero-order valence-corrected chi connectivity index (χ0v) is 15.3. The Hall–Kier alpha value is -2.32. The minimum Gasteiger partial charge on any atom is -0.461 e. The Kier molecular flexibility index (Phi) is 5.86. The topological polar surface area (TPSA) is 63.7 Å². The van der Waals surface area contributed by atoms with Crippen LogP contribution in [0.4, 0.5) is 8.78 Å². The van der Waals surface area contributed by atoms with Gasteiger partial charge in [0.1, 0.15) is 18.2 Å². The molecule has 2 aromatic rings. The number of halogens is 2. The Bertz CT molecular complexity index is 898. The summed E-state index contributed by atoms with van der Waals surface area (Å²) in [6, 6.07) is 10.2. The van der Waals surface area contributed by atoms with E-state index in [1.165, 1.54) is 40.7 Å². The lowest BCUT2D eigenvalue weighted by Crippen LogP contribution is -2.42. The number of benzene rings is 2. The highest BCUT2D eigenvalue weighted by atomic mass is 32.2. The molecule has 144 valence electrons. The molecule has 1 aliphatic heterocycles. The van der Waals surface area contributed by atoms with Crippen LogP contribution in [0.25, 0.3) is 0 Å². The number of carbonyl (C=O) groups excluding carboxylic acids is 1. The van der Waals surface area contributed by atoms with Gasteiger partial charge in [0.2, 0.25) is 10.0 Å². The number of carbonyl (C=O) groups is 1. The third kappa shape index (κ3) is 4.70. The lowest BCUT2D eigenvalue weighted by Gasteiger charge is -2.30. The van der Waals surface area contributed by atoms with Gasteiger partial charge in [-0.1, -0.05) is 12.1 Å². The average Bonchev–Trinajstić information content (AvgIpc) is 2.68. The van der Waals surface area contributed by atoms with Crippen LogP contribution in [-0.2, 0) is 26.2 Å². The molecule has 0 bridgehead atoms. The Morgan fingerprint density at radius 3 is 2.26 bits per heavy atom. The molecule has 0 aliphatic carbocycles. The van der Waals surface area contributed by atoms with E-state index in [0.29, 0.717) is 24.9 Å². The van der Waals surface area contributed by atoms with Crippen LogP contribution in [0.5, 0.6) is 0 Å². The highest BCUT2D eigenvalue weighted by Crippen LogP contribution is 2.25. The van der Waals surface area contributed by atoms with Gasteiger partial charge in [-0.05, 0) is 54.8 Å². The van der Waals surface area contributed by atoms with E-state index >= 15 is 0 Å². The van der Waals surface area contributed by atoms with Crippen LogP contribution in [0.15, 0.2) is 53.4 Å². The van der Waals surface area contributed by atoms with Crippen molar-refractivity contribution in [1.29, 1.82) is 0 Å².